The zero-order chi connectivity index (χ0) is 18.1. The van der Waals surface area contributed by atoms with Gasteiger partial charge < -0.3 is 4.74 Å². The van der Waals surface area contributed by atoms with E-state index in [1.807, 2.05) is 62.4 Å². The maximum Gasteiger partial charge on any atom is 0.134 e. The van der Waals surface area contributed by atoms with E-state index in [1.165, 1.54) is 11.1 Å². The summed E-state index contributed by atoms with van der Waals surface area (Å²) in [5.41, 5.74) is 4.62. The lowest BCUT2D eigenvalue weighted by Crippen LogP contribution is -1.96. The molecule has 0 heterocycles. The summed E-state index contributed by atoms with van der Waals surface area (Å²) < 4.78 is 6.35. The molecule has 0 spiro atoms. The molecule has 0 unspecified atom stereocenters. The normalized spacial score (nSPS) is 11.1. The van der Waals surface area contributed by atoms with Gasteiger partial charge in [-0.05, 0) is 49.9 Å². The Labute approximate surface area is 151 Å². The third-order valence-corrected chi connectivity index (χ3v) is 3.93. The first kappa shape index (κ1) is 18.5. The molecular formula is C24H26O. The highest BCUT2D eigenvalue weighted by Crippen LogP contribution is 2.33. The van der Waals surface area contributed by atoms with Crippen LogP contribution >= 0.6 is 0 Å². The molecule has 1 nitrogen and oxygen atoms in total. The highest BCUT2D eigenvalue weighted by atomic mass is 16.5. The van der Waals surface area contributed by atoms with Crippen LogP contribution in [0.3, 0.4) is 0 Å². The van der Waals surface area contributed by atoms with Gasteiger partial charge in [-0.3, -0.25) is 0 Å². The molecule has 25 heavy (non-hydrogen) atoms. The van der Waals surface area contributed by atoms with Crippen LogP contribution in [-0.2, 0) is 12.8 Å². The lowest BCUT2D eigenvalue weighted by atomic mass is 10.0. The van der Waals surface area contributed by atoms with Gasteiger partial charge in [0.25, 0.3) is 0 Å². The van der Waals surface area contributed by atoms with Crippen LogP contribution in [0.4, 0.5) is 0 Å². The Morgan fingerprint density at radius 2 is 1.20 bits per heavy atom. The van der Waals surface area contributed by atoms with Gasteiger partial charge in [0, 0.05) is 11.1 Å². The van der Waals surface area contributed by atoms with Crippen molar-refractivity contribution in [2.75, 3.05) is 0 Å². The number of allylic oxidation sites excluding steroid dienone is 4. The minimum atomic E-state index is 0.815. The number of rotatable bonds is 8. The van der Waals surface area contributed by atoms with Crippen LogP contribution in [0.5, 0.6) is 11.5 Å². The fourth-order valence-corrected chi connectivity index (χ4v) is 2.85. The van der Waals surface area contributed by atoms with Crippen molar-refractivity contribution in [3.8, 4) is 11.5 Å². The van der Waals surface area contributed by atoms with Crippen LogP contribution < -0.4 is 4.74 Å². The average molecular weight is 330 g/mol. The van der Waals surface area contributed by atoms with Crippen molar-refractivity contribution < 1.29 is 4.74 Å². The highest BCUT2D eigenvalue weighted by molar-refractivity contribution is 5.65. The second-order valence-electron chi connectivity index (χ2n) is 5.75. The monoisotopic (exact) mass is 330 g/mol. The molecular weight excluding hydrogens is 304 g/mol. The Hall–Kier alpha value is -2.80. The van der Waals surface area contributed by atoms with Crippen molar-refractivity contribution in [2.24, 2.45) is 0 Å². The van der Waals surface area contributed by atoms with Gasteiger partial charge in [0.05, 0.1) is 0 Å². The Kier molecular flexibility index (Phi) is 7.03. The van der Waals surface area contributed by atoms with Crippen LogP contribution in [0.1, 0.15) is 36.1 Å². The summed E-state index contributed by atoms with van der Waals surface area (Å²) in [6.45, 7) is 11.8. The van der Waals surface area contributed by atoms with Gasteiger partial charge in [-0.25, -0.2) is 0 Å². The lowest BCUT2D eigenvalue weighted by molar-refractivity contribution is 0.479. The van der Waals surface area contributed by atoms with Gasteiger partial charge in [-0.1, -0.05) is 60.7 Å². The molecule has 0 aliphatic rings. The largest absolute Gasteiger partial charge is 0.456 e. The minimum Gasteiger partial charge on any atom is -0.456 e. The molecule has 0 amide bonds. The highest BCUT2D eigenvalue weighted by Gasteiger charge is 2.11. The van der Waals surface area contributed by atoms with E-state index in [2.05, 4.69) is 37.4 Å². The molecule has 0 N–H and O–H groups in total. The first-order valence-corrected chi connectivity index (χ1v) is 8.64. The number of benzene rings is 2. The molecule has 0 saturated carbocycles. The molecule has 128 valence electrons. The third kappa shape index (κ3) is 4.60. The predicted molar refractivity (Wildman–Crippen MR) is 110 cm³/mol. The first-order chi connectivity index (χ1) is 12.2. The molecule has 0 aromatic heterocycles. The molecule has 1 heteroatoms. The maximum atomic E-state index is 6.35. The third-order valence-electron chi connectivity index (χ3n) is 3.93. The molecule has 2 rings (SSSR count). The van der Waals surface area contributed by atoms with Crippen LogP contribution in [0.25, 0.3) is 12.2 Å². The van der Waals surface area contributed by atoms with E-state index in [4.69, 9.17) is 4.74 Å². The van der Waals surface area contributed by atoms with Crippen molar-refractivity contribution in [1.29, 1.82) is 0 Å². The summed E-state index contributed by atoms with van der Waals surface area (Å²) in [7, 11) is 0. The summed E-state index contributed by atoms with van der Waals surface area (Å²) in [4.78, 5) is 0. The van der Waals surface area contributed by atoms with Crippen LogP contribution in [-0.4, -0.2) is 0 Å². The van der Waals surface area contributed by atoms with Crippen LogP contribution in [0.2, 0.25) is 0 Å². The molecule has 0 radical (unpaired) electrons. The van der Waals surface area contributed by atoms with E-state index in [9.17, 15) is 0 Å². The standard InChI is InChI=1S/C24H26O/c1-5-11-19-15-9-17-23(21(19)13-7-3)25-24-18-10-16-20(12-6-2)22(24)14-8-4/h5-10,13-18H,1-2,11-12H2,3-4H3. The second-order valence-corrected chi connectivity index (χ2v) is 5.75. The van der Waals surface area contributed by atoms with Gasteiger partial charge in [-0.2, -0.15) is 0 Å². The summed E-state index contributed by atoms with van der Waals surface area (Å²) in [5.74, 6) is 1.72. The molecule has 2 aromatic rings. The van der Waals surface area contributed by atoms with Gasteiger partial charge >= 0.3 is 0 Å². The van der Waals surface area contributed by atoms with Gasteiger partial charge in [-0.15, -0.1) is 13.2 Å². The smallest absolute Gasteiger partial charge is 0.134 e. The van der Waals surface area contributed by atoms with E-state index in [0.29, 0.717) is 0 Å². The van der Waals surface area contributed by atoms with Crippen molar-refractivity contribution in [2.45, 2.75) is 26.7 Å². The zero-order valence-electron chi connectivity index (χ0n) is 15.2. The summed E-state index contributed by atoms with van der Waals surface area (Å²) in [5, 5.41) is 0. The van der Waals surface area contributed by atoms with E-state index < -0.39 is 0 Å². The van der Waals surface area contributed by atoms with Gasteiger partial charge in [0.1, 0.15) is 11.5 Å². The molecule has 0 fully saturated rings. The summed E-state index contributed by atoms with van der Waals surface area (Å²) in [6.07, 6.45) is 13.7. The Balaban J connectivity index is 2.52. The van der Waals surface area contributed by atoms with Gasteiger partial charge in [0.15, 0.2) is 0 Å². The summed E-state index contributed by atoms with van der Waals surface area (Å²) in [6, 6.07) is 12.3. The van der Waals surface area contributed by atoms with E-state index in [-0.39, 0.29) is 0 Å². The van der Waals surface area contributed by atoms with Crippen molar-refractivity contribution in [3.05, 3.63) is 96.1 Å². The van der Waals surface area contributed by atoms with Crippen molar-refractivity contribution >= 4 is 12.2 Å². The second kappa shape index (κ2) is 9.48. The van der Waals surface area contributed by atoms with E-state index >= 15 is 0 Å². The maximum absolute atomic E-state index is 6.35. The number of hydrogen-bond donors (Lipinski definition) is 0. The Morgan fingerprint density at radius 1 is 0.760 bits per heavy atom. The first-order valence-electron chi connectivity index (χ1n) is 8.64. The van der Waals surface area contributed by atoms with E-state index in [0.717, 1.165) is 35.5 Å². The van der Waals surface area contributed by atoms with E-state index in [1.54, 1.807) is 0 Å². The fourth-order valence-electron chi connectivity index (χ4n) is 2.85. The average Bonchev–Trinajstić information content (AvgIpc) is 2.61. The van der Waals surface area contributed by atoms with Crippen LogP contribution in [0.15, 0.2) is 73.9 Å². The number of hydrogen-bond acceptors (Lipinski definition) is 1. The predicted octanol–water partition coefficient (Wildman–Crippen LogP) is 7.00. The molecule has 0 aliphatic heterocycles. The zero-order valence-corrected chi connectivity index (χ0v) is 15.2. The SMILES string of the molecule is C=CCc1cccc(Oc2cccc(CC=C)c2C=CC)c1C=CC. The minimum absolute atomic E-state index is 0.815. The van der Waals surface area contributed by atoms with Gasteiger partial charge in [0.2, 0.25) is 0 Å². The quantitative estimate of drug-likeness (QED) is 0.473. The molecule has 0 bridgehead atoms. The fraction of sp³-hybridized carbons (Fsp3) is 0.167. The molecule has 0 atom stereocenters. The van der Waals surface area contributed by atoms with Crippen molar-refractivity contribution in [1.82, 2.24) is 0 Å². The number of ether oxygens (including phenoxy) is 1. The molecule has 0 saturated heterocycles. The van der Waals surface area contributed by atoms with Crippen molar-refractivity contribution in [3.63, 3.8) is 0 Å². The summed E-state index contributed by atoms with van der Waals surface area (Å²) >= 11 is 0. The Bertz CT molecular complexity index is 726. The van der Waals surface area contributed by atoms with Crippen LogP contribution in [0, 0.1) is 0 Å². The molecule has 0 aliphatic carbocycles. The topological polar surface area (TPSA) is 9.23 Å². The lowest BCUT2D eigenvalue weighted by Gasteiger charge is -2.16. The Morgan fingerprint density at radius 3 is 1.56 bits per heavy atom. The molecule has 2 aromatic carbocycles.